The van der Waals surface area contributed by atoms with Crippen molar-refractivity contribution in [1.29, 1.82) is 0 Å². The Kier molecular flexibility index (Phi) is 4.08. The zero-order chi connectivity index (χ0) is 13.2. The molecule has 1 aromatic rings. The first-order chi connectivity index (χ1) is 8.47. The Morgan fingerprint density at radius 3 is 2.78 bits per heavy atom. The number of rotatable bonds is 3. The maximum absolute atomic E-state index is 6.35. The van der Waals surface area contributed by atoms with Gasteiger partial charge in [-0.1, -0.05) is 45.0 Å². The fourth-order valence-electron chi connectivity index (χ4n) is 2.53. The molecule has 0 spiro atoms. The minimum absolute atomic E-state index is 0.0808. The van der Waals surface area contributed by atoms with Crippen LogP contribution >= 0.6 is 0 Å². The Bertz CT molecular complexity index is 394. The van der Waals surface area contributed by atoms with Crippen LogP contribution in [0.15, 0.2) is 24.3 Å². The molecule has 2 unspecified atom stereocenters. The summed E-state index contributed by atoms with van der Waals surface area (Å²) in [6, 6.07) is 8.64. The average molecular weight is 247 g/mol. The normalized spacial score (nSPS) is 21.4. The molecule has 0 aromatic heterocycles. The summed E-state index contributed by atoms with van der Waals surface area (Å²) in [6.07, 6.45) is 3.24. The van der Waals surface area contributed by atoms with E-state index in [9.17, 15) is 0 Å². The number of nitrogens with two attached hydrogens (primary N) is 1. The first kappa shape index (κ1) is 13.6. The highest BCUT2D eigenvalue weighted by atomic mass is 16.5. The lowest BCUT2D eigenvalue weighted by atomic mass is 9.85. The first-order valence-electron chi connectivity index (χ1n) is 6.92. The lowest BCUT2D eigenvalue weighted by Gasteiger charge is -2.31. The summed E-state index contributed by atoms with van der Waals surface area (Å²) in [7, 11) is 0. The predicted octanol–water partition coefficient (Wildman–Crippen LogP) is 3.45. The van der Waals surface area contributed by atoms with Crippen molar-refractivity contribution < 1.29 is 4.74 Å². The van der Waals surface area contributed by atoms with E-state index in [1.54, 1.807) is 0 Å². The molecule has 0 amide bonds. The largest absolute Gasteiger partial charge is 0.372 e. The van der Waals surface area contributed by atoms with Crippen molar-refractivity contribution in [3.05, 3.63) is 35.4 Å². The minimum atomic E-state index is 0.0808. The molecule has 0 saturated carbocycles. The van der Waals surface area contributed by atoms with Gasteiger partial charge in [-0.05, 0) is 35.8 Å². The summed E-state index contributed by atoms with van der Waals surface area (Å²) in [5.74, 6) is 0. The molecule has 1 heterocycles. The zero-order valence-corrected chi connectivity index (χ0v) is 11.8. The van der Waals surface area contributed by atoms with Gasteiger partial charge in [0.05, 0.1) is 12.7 Å². The molecule has 0 fully saturated rings. The Morgan fingerprint density at radius 2 is 2.06 bits per heavy atom. The van der Waals surface area contributed by atoms with Gasteiger partial charge in [-0.15, -0.1) is 0 Å². The van der Waals surface area contributed by atoms with Crippen molar-refractivity contribution >= 4 is 0 Å². The van der Waals surface area contributed by atoms with Gasteiger partial charge >= 0.3 is 0 Å². The lowest BCUT2D eigenvalue weighted by molar-refractivity contribution is 0.0205. The zero-order valence-electron chi connectivity index (χ0n) is 11.8. The molecule has 2 rings (SSSR count). The van der Waals surface area contributed by atoms with Crippen LogP contribution in [0.25, 0.3) is 0 Å². The Hall–Kier alpha value is -0.860. The maximum atomic E-state index is 6.35. The summed E-state index contributed by atoms with van der Waals surface area (Å²) in [5, 5.41) is 0. The van der Waals surface area contributed by atoms with Crippen molar-refractivity contribution in [3.63, 3.8) is 0 Å². The van der Waals surface area contributed by atoms with Crippen molar-refractivity contribution in [1.82, 2.24) is 0 Å². The van der Waals surface area contributed by atoms with Crippen LogP contribution in [0.2, 0.25) is 0 Å². The summed E-state index contributed by atoms with van der Waals surface area (Å²) >= 11 is 0. The van der Waals surface area contributed by atoms with Gasteiger partial charge in [0.25, 0.3) is 0 Å². The Labute approximate surface area is 111 Å². The van der Waals surface area contributed by atoms with E-state index >= 15 is 0 Å². The SMILES string of the molecule is CC(C)(C)CCC(N)C1OCCc2ccccc21. The van der Waals surface area contributed by atoms with Crippen LogP contribution in [0.4, 0.5) is 0 Å². The van der Waals surface area contributed by atoms with E-state index in [4.69, 9.17) is 10.5 Å². The van der Waals surface area contributed by atoms with Crippen LogP contribution < -0.4 is 5.73 Å². The van der Waals surface area contributed by atoms with Gasteiger partial charge in [-0.3, -0.25) is 0 Å². The first-order valence-corrected chi connectivity index (χ1v) is 6.92. The molecule has 0 radical (unpaired) electrons. The van der Waals surface area contributed by atoms with E-state index in [-0.39, 0.29) is 12.1 Å². The van der Waals surface area contributed by atoms with Gasteiger partial charge in [0.1, 0.15) is 0 Å². The molecular weight excluding hydrogens is 222 g/mol. The van der Waals surface area contributed by atoms with Crippen molar-refractivity contribution in [3.8, 4) is 0 Å². The third kappa shape index (κ3) is 3.33. The van der Waals surface area contributed by atoms with Crippen LogP contribution in [0.3, 0.4) is 0 Å². The molecule has 18 heavy (non-hydrogen) atoms. The fourth-order valence-corrected chi connectivity index (χ4v) is 2.53. The standard InChI is InChI=1S/C16H25NO/c1-16(2,3)10-8-14(17)15-13-7-5-4-6-12(13)9-11-18-15/h4-7,14-15H,8-11,17H2,1-3H3. The molecule has 2 heteroatoms. The van der Waals surface area contributed by atoms with Gasteiger partial charge < -0.3 is 10.5 Å². The number of fused-ring (bicyclic) bond motifs is 1. The van der Waals surface area contributed by atoms with E-state index in [1.165, 1.54) is 11.1 Å². The third-order valence-electron chi connectivity index (χ3n) is 3.65. The van der Waals surface area contributed by atoms with Gasteiger partial charge in [0, 0.05) is 6.04 Å². The van der Waals surface area contributed by atoms with E-state index in [1.807, 2.05) is 0 Å². The minimum Gasteiger partial charge on any atom is -0.372 e. The molecule has 0 saturated heterocycles. The lowest BCUT2D eigenvalue weighted by Crippen LogP contribution is -2.34. The van der Waals surface area contributed by atoms with E-state index < -0.39 is 0 Å². The van der Waals surface area contributed by atoms with Crippen LogP contribution in [0, 0.1) is 5.41 Å². The molecule has 2 atom stereocenters. The number of hydrogen-bond acceptors (Lipinski definition) is 2. The Morgan fingerprint density at radius 1 is 1.33 bits per heavy atom. The third-order valence-corrected chi connectivity index (χ3v) is 3.65. The molecular formula is C16H25NO. The molecule has 0 bridgehead atoms. The van der Waals surface area contributed by atoms with Gasteiger partial charge in [0.15, 0.2) is 0 Å². The summed E-state index contributed by atoms with van der Waals surface area (Å²) in [5.41, 5.74) is 9.38. The van der Waals surface area contributed by atoms with Crippen LogP contribution in [-0.4, -0.2) is 12.6 Å². The summed E-state index contributed by atoms with van der Waals surface area (Å²) < 4.78 is 5.91. The molecule has 1 aliphatic heterocycles. The van der Waals surface area contributed by atoms with Crippen molar-refractivity contribution in [2.45, 2.75) is 52.2 Å². The average Bonchev–Trinajstić information content (AvgIpc) is 2.34. The van der Waals surface area contributed by atoms with Crippen molar-refractivity contribution in [2.24, 2.45) is 11.1 Å². The van der Waals surface area contributed by atoms with Crippen LogP contribution in [-0.2, 0) is 11.2 Å². The summed E-state index contributed by atoms with van der Waals surface area (Å²) in [6.45, 7) is 7.57. The van der Waals surface area contributed by atoms with Gasteiger partial charge in [-0.2, -0.15) is 0 Å². The molecule has 1 aromatic carbocycles. The van der Waals surface area contributed by atoms with E-state index in [0.29, 0.717) is 5.41 Å². The molecule has 0 aliphatic carbocycles. The summed E-state index contributed by atoms with van der Waals surface area (Å²) in [4.78, 5) is 0. The van der Waals surface area contributed by atoms with Gasteiger partial charge in [-0.25, -0.2) is 0 Å². The van der Waals surface area contributed by atoms with Crippen molar-refractivity contribution in [2.75, 3.05) is 6.61 Å². The number of hydrogen-bond donors (Lipinski definition) is 1. The topological polar surface area (TPSA) is 35.2 Å². The quantitative estimate of drug-likeness (QED) is 0.888. The highest BCUT2D eigenvalue weighted by molar-refractivity contribution is 5.31. The predicted molar refractivity (Wildman–Crippen MR) is 75.5 cm³/mol. The molecule has 1 aliphatic rings. The highest BCUT2D eigenvalue weighted by Gasteiger charge is 2.27. The van der Waals surface area contributed by atoms with Gasteiger partial charge in [0.2, 0.25) is 0 Å². The Balaban J connectivity index is 2.06. The maximum Gasteiger partial charge on any atom is 0.0978 e. The van der Waals surface area contributed by atoms with E-state index in [0.717, 1.165) is 25.9 Å². The number of benzene rings is 1. The number of ether oxygens (including phenoxy) is 1. The van der Waals surface area contributed by atoms with Crippen LogP contribution in [0.1, 0.15) is 50.8 Å². The highest BCUT2D eigenvalue weighted by Crippen LogP contribution is 2.32. The second kappa shape index (κ2) is 5.41. The second-order valence-corrected chi connectivity index (χ2v) is 6.50. The van der Waals surface area contributed by atoms with E-state index in [2.05, 4.69) is 45.0 Å². The monoisotopic (exact) mass is 247 g/mol. The molecule has 2 N–H and O–H groups in total. The second-order valence-electron chi connectivity index (χ2n) is 6.50. The fraction of sp³-hybridized carbons (Fsp3) is 0.625. The molecule has 100 valence electrons. The smallest absolute Gasteiger partial charge is 0.0978 e. The molecule has 2 nitrogen and oxygen atoms in total. The van der Waals surface area contributed by atoms with Crippen LogP contribution in [0.5, 0.6) is 0 Å².